The van der Waals surface area contributed by atoms with E-state index in [1.165, 1.54) is 18.4 Å². The summed E-state index contributed by atoms with van der Waals surface area (Å²) in [5.74, 6) is 0.411. The van der Waals surface area contributed by atoms with Gasteiger partial charge in [0.25, 0.3) is 0 Å². The Bertz CT molecular complexity index is 505. The van der Waals surface area contributed by atoms with Gasteiger partial charge in [-0.15, -0.1) is 33.2 Å². The van der Waals surface area contributed by atoms with Gasteiger partial charge in [-0.3, -0.25) is 0 Å². The van der Waals surface area contributed by atoms with Crippen LogP contribution in [0.1, 0.15) is 50.7 Å². The van der Waals surface area contributed by atoms with Crippen LogP contribution in [0.4, 0.5) is 0 Å². The Morgan fingerprint density at radius 3 is 2.68 bits per heavy atom. The van der Waals surface area contributed by atoms with Crippen LogP contribution in [0.15, 0.2) is 18.2 Å². The summed E-state index contributed by atoms with van der Waals surface area (Å²) >= 11 is 17.8. The van der Waals surface area contributed by atoms with Crippen molar-refractivity contribution in [2.75, 3.05) is 0 Å². The van der Waals surface area contributed by atoms with E-state index in [-0.39, 0.29) is 0 Å². The summed E-state index contributed by atoms with van der Waals surface area (Å²) in [6, 6.07) is 4.25. The minimum Gasteiger partial charge on any atom is -0.462 e. The van der Waals surface area contributed by atoms with Crippen LogP contribution in [0.3, 0.4) is 0 Å². The molecule has 6 heteroatoms. The number of hydrogen-bond donors (Lipinski definition) is 0. The molecular formula is C16H23Cl3O2Si. The molecule has 0 saturated carbocycles. The second-order valence-corrected chi connectivity index (χ2v) is 15.3. The fourth-order valence-electron chi connectivity index (χ4n) is 2.60. The Kier molecular flexibility index (Phi) is 6.49. The molecule has 0 amide bonds. The lowest BCUT2D eigenvalue weighted by molar-refractivity contribution is -0.198. The normalized spacial score (nSPS) is 21.3. The van der Waals surface area contributed by atoms with E-state index in [0.29, 0.717) is 12.7 Å². The van der Waals surface area contributed by atoms with Gasteiger partial charge in [0.15, 0.2) is 0 Å². The van der Waals surface area contributed by atoms with E-state index in [1.807, 2.05) is 13.0 Å². The molecule has 0 aliphatic carbocycles. The summed E-state index contributed by atoms with van der Waals surface area (Å²) in [6.45, 7) is 4.80. The Balaban J connectivity index is 1.99. The number of aryl methyl sites for hydroxylation is 1. The van der Waals surface area contributed by atoms with Crippen molar-refractivity contribution in [3.05, 3.63) is 29.3 Å². The van der Waals surface area contributed by atoms with E-state index in [2.05, 4.69) is 19.1 Å². The summed E-state index contributed by atoms with van der Waals surface area (Å²) in [6.07, 6.45) is 5.22. The average molecular weight is 382 g/mol. The fourth-order valence-corrected chi connectivity index (χ4v) is 4.02. The summed E-state index contributed by atoms with van der Waals surface area (Å²) in [4.78, 5) is 0. The quantitative estimate of drug-likeness (QED) is 0.323. The van der Waals surface area contributed by atoms with Gasteiger partial charge in [0.05, 0.1) is 6.61 Å². The van der Waals surface area contributed by atoms with E-state index in [4.69, 9.17) is 42.7 Å². The summed E-state index contributed by atoms with van der Waals surface area (Å²) in [7, 11) is 0. The molecule has 0 spiro atoms. The smallest absolute Gasteiger partial charge is 0.341 e. The van der Waals surface area contributed by atoms with E-state index in [9.17, 15) is 0 Å². The van der Waals surface area contributed by atoms with Gasteiger partial charge in [0.2, 0.25) is 5.79 Å². The maximum atomic E-state index is 6.07. The van der Waals surface area contributed by atoms with Gasteiger partial charge in [-0.25, -0.2) is 0 Å². The summed E-state index contributed by atoms with van der Waals surface area (Å²) in [5.41, 5.74) is 2.25. The number of hydrogen-bond acceptors (Lipinski definition) is 2. The van der Waals surface area contributed by atoms with Crippen molar-refractivity contribution in [1.29, 1.82) is 0 Å². The van der Waals surface area contributed by atoms with Crippen LogP contribution >= 0.6 is 33.2 Å². The summed E-state index contributed by atoms with van der Waals surface area (Å²) < 4.78 is 12.0. The van der Waals surface area contributed by atoms with E-state index in [0.717, 1.165) is 30.6 Å². The van der Waals surface area contributed by atoms with Crippen molar-refractivity contribution in [1.82, 2.24) is 0 Å². The molecule has 124 valence electrons. The highest BCUT2D eigenvalue weighted by molar-refractivity contribution is 7.64. The number of halogens is 3. The van der Waals surface area contributed by atoms with Gasteiger partial charge in [-0.2, -0.15) is 0 Å². The lowest BCUT2D eigenvalue weighted by atomic mass is 10.0. The fraction of sp³-hybridized carbons (Fsp3) is 0.625. The van der Waals surface area contributed by atoms with Crippen molar-refractivity contribution < 1.29 is 9.47 Å². The molecule has 1 unspecified atom stereocenters. The first-order valence-corrected chi connectivity index (χ1v) is 13.1. The molecule has 1 heterocycles. The van der Waals surface area contributed by atoms with Crippen molar-refractivity contribution in [2.24, 2.45) is 0 Å². The first kappa shape index (κ1) is 18.4. The van der Waals surface area contributed by atoms with E-state index in [1.54, 1.807) is 0 Å². The van der Waals surface area contributed by atoms with Gasteiger partial charge in [-0.1, -0.05) is 25.8 Å². The molecule has 0 aromatic heterocycles. The Morgan fingerprint density at radius 1 is 1.23 bits per heavy atom. The first-order valence-electron chi connectivity index (χ1n) is 7.83. The second-order valence-electron chi connectivity index (χ2n) is 6.04. The number of unbranched alkanes of at least 4 members (excludes halogenated alkanes) is 2. The van der Waals surface area contributed by atoms with Crippen LogP contribution in [0.2, 0.25) is 6.04 Å². The van der Waals surface area contributed by atoms with Crippen LogP contribution in [-0.4, -0.2) is 11.8 Å². The monoisotopic (exact) mass is 380 g/mol. The van der Waals surface area contributed by atoms with Gasteiger partial charge in [-0.05, 0) is 36.6 Å². The highest BCUT2D eigenvalue weighted by Gasteiger charge is 2.32. The zero-order valence-corrected chi connectivity index (χ0v) is 16.4. The molecule has 0 fully saturated rings. The lowest BCUT2D eigenvalue weighted by Crippen LogP contribution is -2.38. The van der Waals surface area contributed by atoms with Crippen molar-refractivity contribution >= 4 is 39.2 Å². The molecule has 1 atom stereocenters. The predicted octanol–water partition coefficient (Wildman–Crippen LogP) is 6.09. The van der Waals surface area contributed by atoms with E-state index < -0.39 is 11.8 Å². The molecule has 2 nitrogen and oxygen atoms in total. The maximum Gasteiger partial charge on any atom is 0.341 e. The molecule has 0 bridgehead atoms. The third kappa shape index (κ3) is 5.61. The number of ether oxygens (including phenoxy) is 2. The van der Waals surface area contributed by atoms with Gasteiger partial charge in [0, 0.05) is 18.9 Å². The van der Waals surface area contributed by atoms with E-state index >= 15 is 0 Å². The minimum absolute atomic E-state index is 0.506. The van der Waals surface area contributed by atoms with Gasteiger partial charge < -0.3 is 9.47 Å². The minimum atomic E-state index is -2.56. The molecule has 0 N–H and O–H groups in total. The molecule has 1 aliphatic rings. The maximum absolute atomic E-state index is 6.07. The van der Waals surface area contributed by atoms with Crippen molar-refractivity contribution in [3.63, 3.8) is 0 Å². The standard InChI is InChI=1S/C16H23Cl3O2Si/c1-3-4-5-9-16(2)20-12-14-11-13(6-7-15(14)21-16)8-10-22(17,18)19/h6-7,11H,3-5,8-10,12H2,1-2H3. The van der Waals surface area contributed by atoms with Gasteiger partial charge >= 0.3 is 6.00 Å². The highest BCUT2D eigenvalue weighted by atomic mass is 35.8. The van der Waals surface area contributed by atoms with Crippen LogP contribution in [0.5, 0.6) is 5.75 Å². The number of fused-ring (bicyclic) bond motifs is 1. The zero-order valence-electron chi connectivity index (χ0n) is 13.1. The van der Waals surface area contributed by atoms with Crippen LogP contribution in [0.25, 0.3) is 0 Å². The van der Waals surface area contributed by atoms with Gasteiger partial charge in [0.1, 0.15) is 5.75 Å². The molecule has 1 aromatic carbocycles. The molecule has 1 aliphatic heterocycles. The van der Waals surface area contributed by atoms with Crippen LogP contribution in [0, 0.1) is 0 Å². The molecule has 0 radical (unpaired) electrons. The average Bonchev–Trinajstić information content (AvgIpc) is 2.44. The summed E-state index contributed by atoms with van der Waals surface area (Å²) in [5, 5.41) is 0. The van der Waals surface area contributed by atoms with Crippen molar-refractivity contribution in [3.8, 4) is 5.75 Å². The predicted molar refractivity (Wildman–Crippen MR) is 96.2 cm³/mol. The van der Waals surface area contributed by atoms with Crippen molar-refractivity contribution in [2.45, 2.75) is 64.4 Å². The zero-order chi connectivity index (χ0) is 16.2. The Morgan fingerprint density at radius 2 is 2.00 bits per heavy atom. The lowest BCUT2D eigenvalue weighted by Gasteiger charge is -2.36. The molecule has 2 rings (SSSR count). The molecule has 0 saturated heterocycles. The second kappa shape index (κ2) is 7.76. The van der Waals surface area contributed by atoms with Crippen LogP contribution in [-0.2, 0) is 17.8 Å². The SMILES string of the molecule is CCCCCC1(C)OCc2cc(CC[Si](Cl)(Cl)Cl)ccc2O1. The topological polar surface area (TPSA) is 18.5 Å². The Labute approximate surface area is 148 Å². The molecule has 22 heavy (non-hydrogen) atoms. The largest absolute Gasteiger partial charge is 0.462 e. The molecular weight excluding hydrogens is 359 g/mol. The number of rotatable bonds is 7. The molecule has 1 aromatic rings. The Hall–Kier alpha value is 0.0669. The third-order valence-corrected chi connectivity index (χ3v) is 6.43. The van der Waals surface area contributed by atoms with Crippen LogP contribution < -0.4 is 4.74 Å². The first-order chi connectivity index (χ1) is 10.3. The third-order valence-electron chi connectivity index (χ3n) is 3.92. The highest BCUT2D eigenvalue weighted by Crippen LogP contribution is 2.35. The number of benzene rings is 1.